The molecule has 2 aromatic rings. The topological polar surface area (TPSA) is 76.5 Å². The Bertz CT molecular complexity index is 657. The van der Waals surface area contributed by atoms with Crippen molar-refractivity contribution in [3.8, 4) is 0 Å². The Kier molecular flexibility index (Phi) is 5.78. The quantitative estimate of drug-likeness (QED) is 0.854. The van der Waals surface area contributed by atoms with Crippen LogP contribution in [0.1, 0.15) is 30.6 Å². The minimum Gasteiger partial charge on any atom is -0.338 e. The monoisotopic (exact) mass is 345 g/mol. The van der Waals surface area contributed by atoms with E-state index in [1.165, 1.54) is 0 Å². The molecule has 0 saturated carbocycles. The summed E-state index contributed by atoms with van der Waals surface area (Å²) in [6.07, 6.45) is 5.87. The summed E-state index contributed by atoms with van der Waals surface area (Å²) in [5.74, 6) is -0.0151. The lowest BCUT2D eigenvalue weighted by atomic mass is 9.79. The number of nitrogens with zero attached hydrogens (tertiary/aromatic N) is 4. The number of nitrogens with two attached hydrogens (primary N) is 1. The molecule has 2 aromatic heterocycles. The van der Waals surface area contributed by atoms with E-state index in [1.807, 2.05) is 4.90 Å². The Balaban J connectivity index is 0.00000121. The molecule has 1 amide bonds. The van der Waals surface area contributed by atoms with Crippen molar-refractivity contribution in [2.75, 3.05) is 13.1 Å². The first-order chi connectivity index (χ1) is 9.49. The average molecular weight is 346 g/mol. The van der Waals surface area contributed by atoms with Crippen LogP contribution < -0.4 is 5.73 Å². The van der Waals surface area contributed by atoms with E-state index in [9.17, 15) is 4.79 Å². The van der Waals surface area contributed by atoms with Gasteiger partial charge in [-0.25, -0.2) is 9.50 Å². The molecule has 0 aliphatic carbocycles. The maximum atomic E-state index is 12.7. The lowest BCUT2D eigenvalue weighted by molar-refractivity contribution is 0.0534. The van der Waals surface area contributed by atoms with E-state index in [1.54, 1.807) is 29.2 Å². The van der Waals surface area contributed by atoms with Gasteiger partial charge in [0.05, 0.1) is 6.20 Å². The number of halogens is 2. The molecule has 0 bridgehead atoms. The van der Waals surface area contributed by atoms with Gasteiger partial charge in [0.2, 0.25) is 0 Å². The molecule has 1 fully saturated rings. The molecule has 3 heterocycles. The predicted octanol–water partition coefficient (Wildman–Crippen LogP) is 1.77. The minimum absolute atomic E-state index is 0. The maximum Gasteiger partial charge on any atom is 0.259 e. The van der Waals surface area contributed by atoms with Gasteiger partial charge in [-0.05, 0) is 17.9 Å². The van der Waals surface area contributed by atoms with Crippen LogP contribution >= 0.6 is 24.8 Å². The third kappa shape index (κ3) is 3.19. The summed E-state index contributed by atoms with van der Waals surface area (Å²) in [4.78, 5) is 18.8. The van der Waals surface area contributed by atoms with E-state index < -0.39 is 0 Å². The van der Waals surface area contributed by atoms with Gasteiger partial charge in [0.15, 0.2) is 5.65 Å². The fraction of sp³-hybridized carbons (Fsp3) is 0.500. The Hall–Kier alpha value is -1.37. The molecule has 122 valence electrons. The minimum atomic E-state index is -0.0652. The van der Waals surface area contributed by atoms with Crippen molar-refractivity contribution in [1.29, 1.82) is 0 Å². The highest BCUT2D eigenvalue weighted by Crippen LogP contribution is 2.28. The zero-order valence-electron chi connectivity index (χ0n) is 12.6. The van der Waals surface area contributed by atoms with E-state index >= 15 is 0 Å². The second-order valence-corrected chi connectivity index (χ2v) is 6.06. The van der Waals surface area contributed by atoms with Gasteiger partial charge in [-0.1, -0.05) is 13.8 Å². The first-order valence-electron chi connectivity index (χ1n) is 6.82. The molecule has 3 rings (SSSR count). The average Bonchev–Trinajstić information content (AvgIpc) is 2.85. The predicted molar refractivity (Wildman–Crippen MR) is 89.8 cm³/mol. The normalized spacial score (nSPS) is 20.1. The molecular formula is C14H21Cl2N5O. The zero-order chi connectivity index (χ0) is 14.3. The number of carbonyl (C=O) groups excluding carboxylic acids is 1. The molecule has 0 radical (unpaired) electrons. The number of hydrogen-bond donors (Lipinski definition) is 1. The van der Waals surface area contributed by atoms with Crippen LogP contribution in [0.3, 0.4) is 0 Å². The summed E-state index contributed by atoms with van der Waals surface area (Å²) in [7, 11) is 0. The highest BCUT2D eigenvalue weighted by molar-refractivity contribution is 5.99. The van der Waals surface area contributed by atoms with Crippen LogP contribution in [0.15, 0.2) is 24.7 Å². The van der Waals surface area contributed by atoms with Crippen LogP contribution in [0.4, 0.5) is 0 Å². The summed E-state index contributed by atoms with van der Waals surface area (Å²) in [5, 5.41) is 4.17. The standard InChI is InChI=1S/C14H19N5O.2ClH/c1-14(2)9-18(7-4-11(14)15)13(20)10-8-17-19-6-3-5-16-12(10)19;;/h3,5-6,8,11H,4,7,9,15H2,1-2H3;2*1H. The first-order valence-corrected chi connectivity index (χ1v) is 6.82. The van der Waals surface area contributed by atoms with Crippen LogP contribution in [0, 0.1) is 5.41 Å². The molecule has 1 saturated heterocycles. The molecule has 6 nitrogen and oxygen atoms in total. The number of rotatable bonds is 1. The molecule has 0 spiro atoms. The second kappa shape index (κ2) is 6.81. The lowest BCUT2D eigenvalue weighted by Crippen LogP contribution is -2.54. The Morgan fingerprint density at radius 2 is 2.14 bits per heavy atom. The fourth-order valence-electron chi connectivity index (χ4n) is 2.70. The smallest absolute Gasteiger partial charge is 0.259 e. The molecule has 1 unspecified atom stereocenters. The van der Waals surface area contributed by atoms with Gasteiger partial charge in [-0.3, -0.25) is 4.79 Å². The summed E-state index contributed by atoms with van der Waals surface area (Å²) < 4.78 is 1.62. The number of amides is 1. The molecule has 0 aromatic carbocycles. The van der Waals surface area contributed by atoms with Crippen molar-refractivity contribution >= 4 is 36.4 Å². The number of carbonyl (C=O) groups is 1. The summed E-state index contributed by atoms with van der Waals surface area (Å²) in [5.41, 5.74) is 7.21. The van der Waals surface area contributed by atoms with Gasteiger partial charge in [0, 0.05) is 31.5 Å². The molecule has 2 N–H and O–H groups in total. The van der Waals surface area contributed by atoms with Crippen LogP contribution in [-0.2, 0) is 0 Å². The van der Waals surface area contributed by atoms with Crippen LogP contribution in [0.25, 0.3) is 5.65 Å². The summed E-state index contributed by atoms with van der Waals surface area (Å²) >= 11 is 0. The van der Waals surface area contributed by atoms with Gasteiger partial charge < -0.3 is 10.6 Å². The SMILES string of the molecule is CC1(C)CN(C(=O)c2cnn3cccnc23)CCC1N.Cl.Cl. The molecule has 22 heavy (non-hydrogen) atoms. The van der Waals surface area contributed by atoms with E-state index in [0.29, 0.717) is 24.3 Å². The van der Waals surface area contributed by atoms with Crippen LogP contribution in [0.5, 0.6) is 0 Å². The van der Waals surface area contributed by atoms with Gasteiger partial charge in [0.1, 0.15) is 5.56 Å². The van der Waals surface area contributed by atoms with Crippen molar-refractivity contribution in [2.24, 2.45) is 11.1 Å². The lowest BCUT2D eigenvalue weighted by Gasteiger charge is -2.42. The number of hydrogen-bond acceptors (Lipinski definition) is 4. The highest BCUT2D eigenvalue weighted by Gasteiger charge is 2.36. The molecular weight excluding hydrogens is 325 g/mol. The largest absolute Gasteiger partial charge is 0.338 e. The van der Waals surface area contributed by atoms with Crippen molar-refractivity contribution in [1.82, 2.24) is 19.5 Å². The van der Waals surface area contributed by atoms with E-state index in [0.717, 1.165) is 6.42 Å². The third-order valence-electron chi connectivity index (χ3n) is 4.11. The molecule has 1 aliphatic rings. The van der Waals surface area contributed by atoms with Gasteiger partial charge in [-0.15, -0.1) is 24.8 Å². The Labute approximate surface area is 141 Å². The molecule has 1 atom stereocenters. The molecule has 8 heteroatoms. The van der Waals surface area contributed by atoms with E-state index in [2.05, 4.69) is 23.9 Å². The van der Waals surface area contributed by atoms with Crippen LogP contribution in [0.2, 0.25) is 0 Å². The fourth-order valence-corrected chi connectivity index (χ4v) is 2.70. The number of fused-ring (bicyclic) bond motifs is 1. The molecule has 1 aliphatic heterocycles. The Morgan fingerprint density at radius 1 is 1.41 bits per heavy atom. The summed E-state index contributed by atoms with van der Waals surface area (Å²) in [6, 6.07) is 1.92. The van der Waals surface area contributed by atoms with Crippen molar-refractivity contribution in [2.45, 2.75) is 26.3 Å². The summed E-state index contributed by atoms with van der Waals surface area (Å²) in [6.45, 7) is 5.56. The highest BCUT2D eigenvalue weighted by atomic mass is 35.5. The van der Waals surface area contributed by atoms with Crippen molar-refractivity contribution in [3.05, 3.63) is 30.2 Å². The van der Waals surface area contributed by atoms with Gasteiger partial charge in [0.25, 0.3) is 5.91 Å². The van der Waals surface area contributed by atoms with Gasteiger partial charge in [-0.2, -0.15) is 5.10 Å². The second-order valence-electron chi connectivity index (χ2n) is 6.06. The third-order valence-corrected chi connectivity index (χ3v) is 4.11. The maximum absolute atomic E-state index is 12.7. The number of piperidine rings is 1. The van der Waals surface area contributed by atoms with E-state index in [4.69, 9.17) is 5.73 Å². The number of aromatic nitrogens is 3. The van der Waals surface area contributed by atoms with Gasteiger partial charge >= 0.3 is 0 Å². The van der Waals surface area contributed by atoms with E-state index in [-0.39, 0.29) is 42.2 Å². The number of likely N-dealkylation sites (tertiary alicyclic amines) is 1. The van der Waals surface area contributed by atoms with Crippen LogP contribution in [-0.4, -0.2) is 44.5 Å². The van der Waals surface area contributed by atoms with Crippen molar-refractivity contribution in [3.63, 3.8) is 0 Å². The Morgan fingerprint density at radius 3 is 2.82 bits per heavy atom. The van der Waals surface area contributed by atoms with Crippen molar-refractivity contribution < 1.29 is 4.79 Å². The first kappa shape index (κ1) is 18.7. The zero-order valence-corrected chi connectivity index (χ0v) is 14.2.